The first-order valence-electron chi connectivity index (χ1n) is 7.99. The van der Waals surface area contributed by atoms with Crippen LogP contribution in [0.25, 0.3) is 0 Å². The van der Waals surface area contributed by atoms with Gasteiger partial charge in [0.25, 0.3) is 0 Å². The second-order valence-electron chi connectivity index (χ2n) is 5.58. The van der Waals surface area contributed by atoms with E-state index in [4.69, 9.17) is 0 Å². The summed E-state index contributed by atoms with van der Waals surface area (Å²) in [5.41, 5.74) is 0. The van der Waals surface area contributed by atoms with Gasteiger partial charge in [0.2, 0.25) is 0 Å². The second kappa shape index (κ2) is 9.51. The zero-order valence-corrected chi connectivity index (χ0v) is 17.7. The molecule has 0 nitrogen and oxygen atoms in total. The predicted molar refractivity (Wildman–Crippen MR) is 119 cm³/mol. The molecule has 0 bridgehead atoms. The fraction of sp³-hybridized carbons (Fsp3) is 0.143. The molecule has 0 aromatic heterocycles. The van der Waals surface area contributed by atoms with E-state index in [0.29, 0.717) is 0 Å². The molecule has 0 saturated carbocycles. The maximum Gasteiger partial charge on any atom is 0.00348 e. The molecule has 3 aromatic carbocycles. The minimum absolute atomic E-state index is 0. The zero-order valence-electron chi connectivity index (χ0n) is 13.5. The molecule has 0 fully saturated rings. The maximum atomic E-state index is 3.64. The number of hydrogen-bond donors (Lipinski definition) is 0. The van der Waals surface area contributed by atoms with Gasteiger partial charge in [-0.3, -0.25) is 0 Å². The minimum Gasteiger partial charge on any atom is -0.114 e. The third-order valence-electron chi connectivity index (χ3n) is 4.22. The third-order valence-corrected chi connectivity index (χ3v) is 9.30. The SMILES string of the molecule is Br.BrCCC[P](c1ccccc1)(c1ccccc1)c1ccccc1. The Morgan fingerprint density at radius 3 is 1.21 bits per heavy atom. The Balaban J connectivity index is 0.00000208. The minimum atomic E-state index is -1.60. The molecule has 0 saturated heterocycles. The van der Waals surface area contributed by atoms with E-state index in [1.54, 1.807) is 0 Å². The quantitative estimate of drug-likeness (QED) is 0.341. The van der Waals surface area contributed by atoms with E-state index in [9.17, 15) is 0 Å². The largest absolute Gasteiger partial charge is 0.114 e. The molecule has 0 spiro atoms. The Labute approximate surface area is 164 Å². The summed E-state index contributed by atoms with van der Waals surface area (Å²) in [5.74, 6) is 0. The van der Waals surface area contributed by atoms with Crippen LogP contribution in [-0.2, 0) is 0 Å². The summed E-state index contributed by atoms with van der Waals surface area (Å²) in [5, 5.41) is 5.45. The van der Waals surface area contributed by atoms with Gasteiger partial charge in [-0.05, 0) is 35.8 Å². The van der Waals surface area contributed by atoms with Gasteiger partial charge >= 0.3 is 0 Å². The fourth-order valence-corrected chi connectivity index (χ4v) is 8.24. The van der Waals surface area contributed by atoms with Crippen molar-refractivity contribution in [3.8, 4) is 0 Å². The number of hydrogen-bond acceptors (Lipinski definition) is 0. The zero-order chi connectivity index (χ0) is 16.0. The van der Waals surface area contributed by atoms with E-state index in [0.717, 1.165) is 5.33 Å². The fourth-order valence-electron chi connectivity index (χ4n) is 3.18. The molecule has 3 rings (SSSR count). The van der Waals surface area contributed by atoms with Crippen LogP contribution in [-0.4, -0.2) is 11.5 Å². The normalized spacial score (nSPS) is 10.9. The van der Waals surface area contributed by atoms with Gasteiger partial charge in [0.05, 0.1) is 0 Å². The lowest BCUT2D eigenvalue weighted by atomic mass is 10.4. The Morgan fingerprint density at radius 1 is 0.583 bits per heavy atom. The molecule has 3 heteroatoms. The lowest BCUT2D eigenvalue weighted by Crippen LogP contribution is -2.33. The molecular weight excluding hydrogens is 443 g/mol. The molecule has 0 unspecified atom stereocenters. The van der Waals surface area contributed by atoms with Crippen molar-refractivity contribution in [1.82, 2.24) is 0 Å². The first-order chi connectivity index (χ1) is 11.4. The highest BCUT2D eigenvalue weighted by molar-refractivity contribution is 9.09. The van der Waals surface area contributed by atoms with Crippen molar-refractivity contribution in [3.05, 3.63) is 91.0 Å². The average Bonchev–Trinajstić information content (AvgIpc) is 2.65. The van der Waals surface area contributed by atoms with E-state index in [1.807, 2.05) is 0 Å². The maximum absolute atomic E-state index is 3.64. The topological polar surface area (TPSA) is 0 Å². The van der Waals surface area contributed by atoms with E-state index >= 15 is 0 Å². The Kier molecular flexibility index (Phi) is 7.68. The van der Waals surface area contributed by atoms with Gasteiger partial charge < -0.3 is 0 Å². The molecule has 125 valence electrons. The van der Waals surface area contributed by atoms with Gasteiger partial charge in [0, 0.05) is 5.33 Å². The van der Waals surface area contributed by atoms with Crippen molar-refractivity contribution in [2.75, 3.05) is 11.5 Å². The van der Waals surface area contributed by atoms with Crippen LogP contribution in [0.3, 0.4) is 0 Å². The van der Waals surface area contributed by atoms with Gasteiger partial charge in [-0.15, -0.1) is 17.0 Å². The van der Waals surface area contributed by atoms with Gasteiger partial charge in [-0.25, -0.2) is 0 Å². The first kappa shape index (κ1) is 19.4. The molecule has 1 radical (unpaired) electrons. The Hall–Kier alpha value is -0.950. The summed E-state index contributed by atoms with van der Waals surface area (Å²) in [7, 11) is -1.60. The third kappa shape index (κ3) is 3.99. The number of rotatable bonds is 6. The molecule has 24 heavy (non-hydrogen) atoms. The highest BCUT2D eigenvalue weighted by Crippen LogP contribution is 2.55. The molecule has 0 aliphatic heterocycles. The standard InChI is InChI=1S/C21H21BrP.BrH/c22-17-10-18-23(19-11-4-1-5-12-19,20-13-6-2-7-14-20)21-15-8-3-9-16-21;/h1-9,11-16H,10,17-18H2;1H. The monoisotopic (exact) mass is 463 g/mol. The van der Waals surface area contributed by atoms with Crippen LogP contribution in [0.15, 0.2) is 91.0 Å². The highest BCUT2D eigenvalue weighted by atomic mass is 79.9. The van der Waals surface area contributed by atoms with Crippen molar-refractivity contribution >= 4 is 56.1 Å². The van der Waals surface area contributed by atoms with Crippen molar-refractivity contribution in [2.45, 2.75) is 6.42 Å². The van der Waals surface area contributed by atoms with E-state index < -0.39 is 7.26 Å². The molecule has 0 aliphatic carbocycles. The van der Waals surface area contributed by atoms with Crippen LogP contribution in [0.2, 0.25) is 0 Å². The van der Waals surface area contributed by atoms with Gasteiger partial charge in [-0.1, -0.05) is 107 Å². The summed E-state index contributed by atoms with van der Waals surface area (Å²) in [4.78, 5) is 0. The number of alkyl halides is 1. The summed E-state index contributed by atoms with van der Waals surface area (Å²) in [6.07, 6.45) is 2.36. The van der Waals surface area contributed by atoms with Crippen molar-refractivity contribution in [3.63, 3.8) is 0 Å². The van der Waals surface area contributed by atoms with Crippen molar-refractivity contribution in [1.29, 1.82) is 0 Å². The molecule has 0 amide bonds. The lowest BCUT2D eigenvalue weighted by Gasteiger charge is -2.38. The average molecular weight is 465 g/mol. The number of halogens is 2. The highest BCUT2D eigenvalue weighted by Gasteiger charge is 2.32. The van der Waals surface area contributed by atoms with Crippen LogP contribution >= 0.6 is 40.2 Å². The van der Waals surface area contributed by atoms with Crippen LogP contribution in [0.4, 0.5) is 0 Å². The molecular formula is C21H22Br2P. The van der Waals surface area contributed by atoms with Crippen LogP contribution in [0.1, 0.15) is 6.42 Å². The number of benzene rings is 3. The van der Waals surface area contributed by atoms with E-state index in [1.165, 1.54) is 28.5 Å². The Morgan fingerprint density at radius 2 is 0.917 bits per heavy atom. The van der Waals surface area contributed by atoms with Gasteiger partial charge in [-0.2, -0.15) is 0 Å². The summed E-state index contributed by atoms with van der Waals surface area (Å²) >= 11 is 3.64. The smallest absolute Gasteiger partial charge is 0.00348 e. The molecule has 0 N–H and O–H groups in total. The van der Waals surface area contributed by atoms with Crippen LogP contribution in [0.5, 0.6) is 0 Å². The van der Waals surface area contributed by atoms with E-state index in [2.05, 4.69) is 107 Å². The summed E-state index contributed by atoms with van der Waals surface area (Å²) < 4.78 is 0. The van der Waals surface area contributed by atoms with Crippen molar-refractivity contribution < 1.29 is 0 Å². The van der Waals surface area contributed by atoms with E-state index in [-0.39, 0.29) is 17.0 Å². The predicted octanol–water partition coefficient (Wildman–Crippen LogP) is 5.34. The van der Waals surface area contributed by atoms with Crippen LogP contribution in [0, 0.1) is 0 Å². The second-order valence-corrected chi connectivity index (χ2v) is 9.99. The molecule has 0 aliphatic rings. The lowest BCUT2D eigenvalue weighted by molar-refractivity contribution is 1.12. The molecule has 0 atom stereocenters. The van der Waals surface area contributed by atoms with Gasteiger partial charge in [0.1, 0.15) is 0 Å². The van der Waals surface area contributed by atoms with Crippen LogP contribution < -0.4 is 15.9 Å². The first-order valence-corrected chi connectivity index (χ1v) is 11.1. The summed E-state index contributed by atoms with van der Waals surface area (Å²) in [6, 6.07) is 33.2. The van der Waals surface area contributed by atoms with Gasteiger partial charge in [0.15, 0.2) is 0 Å². The van der Waals surface area contributed by atoms with Crippen molar-refractivity contribution in [2.24, 2.45) is 0 Å². The molecule has 3 aromatic rings. The Bertz CT molecular complexity index is 618. The molecule has 0 heterocycles. The summed E-state index contributed by atoms with van der Waals surface area (Å²) in [6.45, 7) is 0.